The summed E-state index contributed by atoms with van der Waals surface area (Å²) in [6.07, 6.45) is 5.60. The van der Waals surface area contributed by atoms with Gasteiger partial charge < -0.3 is 16.0 Å². The molecule has 0 bridgehead atoms. The van der Waals surface area contributed by atoms with Gasteiger partial charge in [-0.25, -0.2) is 4.98 Å². The van der Waals surface area contributed by atoms with Crippen LogP contribution in [0.15, 0.2) is 12.3 Å². The molecule has 1 fully saturated rings. The maximum absolute atomic E-state index is 5.69. The molecular weight excluding hydrogens is 224 g/mol. The summed E-state index contributed by atoms with van der Waals surface area (Å²) in [5.41, 5.74) is 7.54. The smallest absolute Gasteiger partial charge is 0.128 e. The number of hydrogen-bond donors (Lipinski definition) is 2. The van der Waals surface area contributed by atoms with Gasteiger partial charge in [0.1, 0.15) is 5.82 Å². The van der Waals surface area contributed by atoms with Gasteiger partial charge in [-0.05, 0) is 63.9 Å². The molecule has 1 saturated heterocycles. The van der Waals surface area contributed by atoms with Crippen LogP contribution in [-0.2, 0) is 0 Å². The van der Waals surface area contributed by atoms with Crippen LogP contribution in [0.1, 0.15) is 24.8 Å². The fourth-order valence-corrected chi connectivity index (χ4v) is 2.53. The first-order valence-electron chi connectivity index (χ1n) is 6.79. The number of pyridine rings is 1. The van der Waals surface area contributed by atoms with Crippen LogP contribution in [0.5, 0.6) is 0 Å². The molecule has 1 aliphatic rings. The van der Waals surface area contributed by atoms with Crippen molar-refractivity contribution in [2.75, 3.05) is 37.7 Å². The molecule has 1 aromatic rings. The Kier molecular flexibility index (Phi) is 4.42. The van der Waals surface area contributed by atoms with E-state index in [1.165, 1.54) is 32.4 Å². The van der Waals surface area contributed by atoms with Crippen LogP contribution in [-0.4, -0.2) is 36.6 Å². The van der Waals surface area contributed by atoms with Crippen LogP contribution < -0.4 is 11.1 Å². The van der Waals surface area contributed by atoms with Crippen molar-refractivity contribution in [1.82, 2.24) is 9.88 Å². The van der Waals surface area contributed by atoms with Crippen molar-refractivity contribution in [3.8, 4) is 0 Å². The largest absolute Gasteiger partial charge is 0.397 e. The van der Waals surface area contributed by atoms with Crippen LogP contribution in [0, 0.1) is 12.8 Å². The lowest BCUT2D eigenvalue weighted by Crippen LogP contribution is -2.30. The maximum atomic E-state index is 5.69. The molecule has 0 unspecified atom stereocenters. The molecular formula is C14H24N4. The lowest BCUT2D eigenvalue weighted by atomic mass is 9.94. The Hall–Kier alpha value is -1.29. The Balaban J connectivity index is 1.75. The van der Waals surface area contributed by atoms with E-state index in [9.17, 15) is 0 Å². The molecule has 100 valence electrons. The zero-order valence-electron chi connectivity index (χ0n) is 11.4. The van der Waals surface area contributed by atoms with E-state index in [2.05, 4.69) is 22.2 Å². The predicted molar refractivity (Wildman–Crippen MR) is 76.7 cm³/mol. The Bertz CT molecular complexity index is 383. The summed E-state index contributed by atoms with van der Waals surface area (Å²) in [6.45, 7) is 5.53. The van der Waals surface area contributed by atoms with Crippen molar-refractivity contribution in [1.29, 1.82) is 0 Å². The average Bonchev–Trinajstić information content (AvgIpc) is 2.34. The number of likely N-dealkylation sites (tertiary alicyclic amines) is 1. The second kappa shape index (κ2) is 6.05. The third kappa shape index (κ3) is 3.60. The minimum absolute atomic E-state index is 0.730. The molecule has 0 atom stereocenters. The van der Waals surface area contributed by atoms with E-state index in [0.29, 0.717) is 0 Å². The molecule has 1 aliphatic heterocycles. The highest BCUT2D eigenvalue weighted by atomic mass is 15.1. The Labute approximate surface area is 110 Å². The summed E-state index contributed by atoms with van der Waals surface area (Å²) >= 11 is 0. The van der Waals surface area contributed by atoms with Crippen molar-refractivity contribution in [2.24, 2.45) is 5.92 Å². The summed E-state index contributed by atoms with van der Waals surface area (Å²) in [5, 5.41) is 3.42. The van der Waals surface area contributed by atoms with Gasteiger partial charge in [-0.2, -0.15) is 0 Å². The van der Waals surface area contributed by atoms with Gasteiger partial charge in [-0.15, -0.1) is 0 Å². The number of nitrogen functional groups attached to an aromatic ring is 1. The summed E-state index contributed by atoms with van der Waals surface area (Å²) in [7, 11) is 2.20. The zero-order chi connectivity index (χ0) is 13.0. The normalized spacial score (nSPS) is 17.9. The molecule has 2 rings (SSSR count). The van der Waals surface area contributed by atoms with Crippen LogP contribution in [0.25, 0.3) is 0 Å². The summed E-state index contributed by atoms with van der Waals surface area (Å²) in [5.74, 6) is 1.83. The number of anilines is 2. The number of nitrogens with two attached hydrogens (primary N) is 1. The standard InChI is InChI=1S/C14H24N4/c1-11-9-13(15)10-17-14(11)16-6-3-12-4-7-18(2)8-5-12/h9-10,12H,3-8,15H2,1-2H3,(H,16,17). The van der Waals surface area contributed by atoms with E-state index in [1.54, 1.807) is 6.20 Å². The fraction of sp³-hybridized carbons (Fsp3) is 0.643. The predicted octanol–water partition coefficient (Wildman–Crippen LogP) is 2.12. The number of piperidine rings is 1. The number of nitrogens with one attached hydrogen (secondary N) is 1. The lowest BCUT2D eigenvalue weighted by Gasteiger charge is -2.29. The van der Waals surface area contributed by atoms with E-state index < -0.39 is 0 Å². The third-order valence-corrected chi connectivity index (χ3v) is 3.78. The van der Waals surface area contributed by atoms with E-state index >= 15 is 0 Å². The number of aryl methyl sites for hydroxylation is 1. The Morgan fingerprint density at radius 2 is 2.17 bits per heavy atom. The maximum Gasteiger partial charge on any atom is 0.128 e. The van der Waals surface area contributed by atoms with Gasteiger partial charge in [0, 0.05) is 6.54 Å². The van der Waals surface area contributed by atoms with Crippen LogP contribution in [0.2, 0.25) is 0 Å². The molecule has 4 heteroatoms. The van der Waals surface area contributed by atoms with Crippen LogP contribution in [0.3, 0.4) is 0 Å². The Morgan fingerprint density at radius 3 is 2.83 bits per heavy atom. The number of nitrogens with zero attached hydrogens (tertiary/aromatic N) is 2. The number of aromatic nitrogens is 1. The lowest BCUT2D eigenvalue weighted by molar-refractivity contribution is 0.215. The highest BCUT2D eigenvalue weighted by Gasteiger charge is 2.16. The van der Waals surface area contributed by atoms with E-state index in [4.69, 9.17) is 5.73 Å². The molecule has 0 amide bonds. The van der Waals surface area contributed by atoms with Crippen molar-refractivity contribution in [3.63, 3.8) is 0 Å². The first kappa shape index (κ1) is 13.1. The first-order valence-corrected chi connectivity index (χ1v) is 6.79. The molecule has 18 heavy (non-hydrogen) atoms. The van der Waals surface area contributed by atoms with Gasteiger partial charge in [0.25, 0.3) is 0 Å². The number of hydrogen-bond acceptors (Lipinski definition) is 4. The van der Waals surface area contributed by atoms with Crippen LogP contribution in [0.4, 0.5) is 11.5 Å². The molecule has 0 aromatic carbocycles. The van der Waals surface area contributed by atoms with E-state index in [1.807, 2.05) is 13.0 Å². The molecule has 0 radical (unpaired) electrons. The van der Waals surface area contributed by atoms with E-state index in [0.717, 1.165) is 29.5 Å². The molecule has 0 spiro atoms. The molecule has 2 heterocycles. The third-order valence-electron chi connectivity index (χ3n) is 3.78. The second-order valence-electron chi connectivity index (χ2n) is 5.40. The zero-order valence-corrected chi connectivity index (χ0v) is 11.4. The molecule has 0 saturated carbocycles. The molecule has 3 N–H and O–H groups in total. The minimum Gasteiger partial charge on any atom is -0.397 e. The monoisotopic (exact) mass is 248 g/mol. The van der Waals surface area contributed by atoms with Gasteiger partial charge in [-0.1, -0.05) is 0 Å². The van der Waals surface area contributed by atoms with Gasteiger partial charge in [0.15, 0.2) is 0 Å². The summed E-state index contributed by atoms with van der Waals surface area (Å²) in [4.78, 5) is 6.74. The van der Waals surface area contributed by atoms with Crippen LogP contribution >= 0.6 is 0 Å². The van der Waals surface area contributed by atoms with Gasteiger partial charge >= 0.3 is 0 Å². The second-order valence-corrected chi connectivity index (χ2v) is 5.40. The van der Waals surface area contributed by atoms with Gasteiger partial charge in [-0.3, -0.25) is 0 Å². The Morgan fingerprint density at radius 1 is 1.44 bits per heavy atom. The van der Waals surface area contributed by atoms with Crippen molar-refractivity contribution >= 4 is 11.5 Å². The summed E-state index contributed by atoms with van der Waals surface area (Å²) in [6, 6.07) is 1.96. The van der Waals surface area contributed by atoms with Gasteiger partial charge in [0.2, 0.25) is 0 Å². The SMILES string of the molecule is Cc1cc(N)cnc1NCCC1CCN(C)CC1. The van der Waals surface area contributed by atoms with Crippen molar-refractivity contribution < 1.29 is 0 Å². The fourth-order valence-electron chi connectivity index (χ4n) is 2.53. The van der Waals surface area contributed by atoms with E-state index in [-0.39, 0.29) is 0 Å². The minimum atomic E-state index is 0.730. The topological polar surface area (TPSA) is 54.2 Å². The molecule has 0 aliphatic carbocycles. The highest BCUT2D eigenvalue weighted by molar-refractivity contribution is 5.50. The quantitative estimate of drug-likeness (QED) is 0.857. The van der Waals surface area contributed by atoms with Crippen molar-refractivity contribution in [3.05, 3.63) is 17.8 Å². The number of rotatable bonds is 4. The summed E-state index contributed by atoms with van der Waals surface area (Å²) < 4.78 is 0. The van der Waals surface area contributed by atoms with Crippen molar-refractivity contribution in [2.45, 2.75) is 26.2 Å². The molecule has 1 aromatic heterocycles. The average molecular weight is 248 g/mol. The molecule has 4 nitrogen and oxygen atoms in total. The highest BCUT2D eigenvalue weighted by Crippen LogP contribution is 2.20. The van der Waals surface area contributed by atoms with Gasteiger partial charge in [0.05, 0.1) is 11.9 Å². The first-order chi connectivity index (χ1) is 8.65.